The first-order valence-electron chi connectivity index (χ1n) is 7.02. The average molecular weight is 255 g/mol. The summed E-state index contributed by atoms with van der Waals surface area (Å²) in [6, 6.07) is 0. The van der Waals surface area contributed by atoms with Crippen LogP contribution in [0.4, 0.5) is 0 Å². The molecule has 2 rings (SSSR count). The molecule has 0 radical (unpaired) electrons. The van der Waals surface area contributed by atoms with Gasteiger partial charge in [-0.1, -0.05) is 0 Å². The van der Waals surface area contributed by atoms with Gasteiger partial charge in [0.1, 0.15) is 0 Å². The van der Waals surface area contributed by atoms with E-state index in [-0.39, 0.29) is 0 Å². The molecular weight excluding hydrogens is 230 g/mol. The summed E-state index contributed by atoms with van der Waals surface area (Å²) in [4.78, 5) is 4.18. The third kappa shape index (κ3) is 5.23. The first-order valence-corrected chi connectivity index (χ1v) is 7.02. The molecule has 0 aromatic carbocycles. The van der Waals surface area contributed by atoms with Gasteiger partial charge in [-0.3, -0.25) is 4.99 Å². The number of nitrogens with one attached hydrogen (secondary N) is 2. The summed E-state index contributed by atoms with van der Waals surface area (Å²) in [6.45, 7) is 4.20. The van der Waals surface area contributed by atoms with Crippen molar-refractivity contribution in [1.82, 2.24) is 10.6 Å². The Kier molecular flexibility index (Phi) is 5.74. The highest BCUT2D eigenvalue weighted by Crippen LogP contribution is 2.28. The van der Waals surface area contributed by atoms with Crippen molar-refractivity contribution in [3.05, 3.63) is 0 Å². The van der Waals surface area contributed by atoms with Crippen molar-refractivity contribution >= 4 is 5.96 Å². The molecule has 1 aliphatic carbocycles. The second kappa shape index (κ2) is 7.59. The molecule has 18 heavy (non-hydrogen) atoms. The van der Waals surface area contributed by atoms with Gasteiger partial charge < -0.3 is 20.1 Å². The predicted octanol–water partition coefficient (Wildman–Crippen LogP) is 0.757. The van der Waals surface area contributed by atoms with Crippen LogP contribution in [-0.4, -0.2) is 52.0 Å². The maximum Gasteiger partial charge on any atom is 0.191 e. The van der Waals surface area contributed by atoms with Crippen molar-refractivity contribution in [1.29, 1.82) is 0 Å². The maximum absolute atomic E-state index is 5.56. The van der Waals surface area contributed by atoms with E-state index in [0.29, 0.717) is 6.10 Å². The lowest BCUT2D eigenvalue weighted by atomic mass is 10.2. The zero-order chi connectivity index (χ0) is 12.6. The van der Waals surface area contributed by atoms with Gasteiger partial charge >= 0.3 is 0 Å². The fourth-order valence-electron chi connectivity index (χ4n) is 2.01. The van der Waals surface area contributed by atoms with Gasteiger partial charge in [0.2, 0.25) is 0 Å². The number of aliphatic imine (C=N–C) groups is 1. The molecule has 2 fully saturated rings. The fraction of sp³-hybridized carbons (Fsp3) is 0.923. The summed E-state index contributed by atoms with van der Waals surface area (Å²) in [6.07, 6.45) is 5.35. The summed E-state index contributed by atoms with van der Waals surface area (Å²) >= 11 is 0. The van der Waals surface area contributed by atoms with E-state index in [0.717, 1.165) is 51.2 Å². The summed E-state index contributed by atoms with van der Waals surface area (Å²) in [5.74, 6) is 1.67. The van der Waals surface area contributed by atoms with Crippen molar-refractivity contribution < 1.29 is 9.47 Å². The van der Waals surface area contributed by atoms with Gasteiger partial charge in [-0.15, -0.1) is 0 Å². The first-order chi connectivity index (χ1) is 8.88. The minimum absolute atomic E-state index is 0.342. The lowest BCUT2D eigenvalue weighted by Crippen LogP contribution is -2.42. The van der Waals surface area contributed by atoms with Crippen LogP contribution in [0.25, 0.3) is 0 Å². The minimum Gasteiger partial charge on any atom is -0.379 e. The molecule has 1 heterocycles. The van der Waals surface area contributed by atoms with Crippen LogP contribution in [0.1, 0.15) is 25.7 Å². The van der Waals surface area contributed by atoms with E-state index in [1.807, 2.05) is 0 Å². The lowest BCUT2D eigenvalue weighted by molar-refractivity contribution is 0.113. The molecule has 5 heteroatoms. The zero-order valence-electron chi connectivity index (χ0n) is 11.3. The van der Waals surface area contributed by atoms with Crippen LogP contribution in [0.5, 0.6) is 0 Å². The van der Waals surface area contributed by atoms with Gasteiger partial charge in [0, 0.05) is 33.4 Å². The molecular formula is C13H25N3O2. The molecule has 0 amide bonds. The molecule has 104 valence electrons. The second-order valence-corrected chi connectivity index (χ2v) is 5.03. The number of hydrogen-bond donors (Lipinski definition) is 2. The summed E-state index contributed by atoms with van der Waals surface area (Å²) in [7, 11) is 1.79. The largest absolute Gasteiger partial charge is 0.379 e. The number of ether oxygens (including phenoxy) is 2. The zero-order valence-corrected chi connectivity index (χ0v) is 11.3. The first kappa shape index (κ1) is 13.6. The van der Waals surface area contributed by atoms with Gasteiger partial charge in [0.25, 0.3) is 0 Å². The highest BCUT2D eigenvalue weighted by Gasteiger charge is 2.20. The lowest BCUT2D eigenvalue weighted by Gasteiger charge is -2.15. The van der Waals surface area contributed by atoms with Crippen molar-refractivity contribution in [2.75, 3.05) is 40.0 Å². The smallest absolute Gasteiger partial charge is 0.191 e. The fourth-order valence-corrected chi connectivity index (χ4v) is 2.01. The van der Waals surface area contributed by atoms with Crippen LogP contribution >= 0.6 is 0 Å². The Hall–Kier alpha value is -0.810. The second-order valence-electron chi connectivity index (χ2n) is 5.03. The molecule has 1 saturated carbocycles. The van der Waals surface area contributed by atoms with Gasteiger partial charge in [-0.2, -0.15) is 0 Å². The summed E-state index contributed by atoms with van der Waals surface area (Å²) in [5, 5.41) is 6.53. The van der Waals surface area contributed by atoms with Crippen LogP contribution in [-0.2, 0) is 9.47 Å². The SMILES string of the molecule is CN=C(NCCOCC1CC1)NCC1CCCO1. The third-order valence-corrected chi connectivity index (χ3v) is 3.33. The van der Waals surface area contributed by atoms with E-state index in [1.54, 1.807) is 7.05 Å². The molecule has 1 atom stereocenters. The summed E-state index contributed by atoms with van der Waals surface area (Å²) in [5.41, 5.74) is 0. The van der Waals surface area contributed by atoms with Gasteiger partial charge in [-0.05, 0) is 31.6 Å². The standard InChI is InChI=1S/C13H25N3O2/c1-14-13(16-9-12-3-2-7-18-12)15-6-8-17-10-11-4-5-11/h11-12H,2-10H2,1H3,(H2,14,15,16). The van der Waals surface area contributed by atoms with Crippen molar-refractivity contribution in [2.24, 2.45) is 10.9 Å². The molecule has 0 aromatic heterocycles. The van der Waals surface area contributed by atoms with Gasteiger partial charge in [0.15, 0.2) is 5.96 Å². The third-order valence-electron chi connectivity index (χ3n) is 3.33. The van der Waals surface area contributed by atoms with E-state index >= 15 is 0 Å². The topological polar surface area (TPSA) is 54.9 Å². The molecule has 1 unspecified atom stereocenters. The Labute approximate surface area is 109 Å². The average Bonchev–Trinajstić information content (AvgIpc) is 3.06. The van der Waals surface area contributed by atoms with Crippen LogP contribution in [0.15, 0.2) is 4.99 Å². The molecule has 2 aliphatic rings. The highest BCUT2D eigenvalue weighted by atomic mass is 16.5. The minimum atomic E-state index is 0.342. The Morgan fingerprint density at radius 1 is 1.33 bits per heavy atom. The van der Waals surface area contributed by atoms with Crippen molar-refractivity contribution in [3.8, 4) is 0 Å². The molecule has 1 saturated heterocycles. The Morgan fingerprint density at radius 3 is 2.89 bits per heavy atom. The quantitative estimate of drug-likeness (QED) is 0.400. The normalized spacial score (nSPS) is 24.3. The number of rotatable bonds is 7. The predicted molar refractivity (Wildman–Crippen MR) is 71.9 cm³/mol. The number of guanidine groups is 1. The van der Waals surface area contributed by atoms with Crippen LogP contribution in [0, 0.1) is 5.92 Å². The highest BCUT2D eigenvalue weighted by molar-refractivity contribution is 5.79. The Balaban J connectivity index is 1.48. The van der Waals surface area contributed by atoms with E-state index < -0.39 is 0 Å². The van der Waals surface area contributed by atoms with E-state index in [4.69, 9.17) is 9.47 Å². The van der Waals surface area contributed by atoms with E-state index in [1.165, 1.54) is 19.3 Å². The Morgan fingerprint density at radius 2 is 2.22 bits per heavy atom. The monoisotopic (exact) mass is 255 g/mol. The maximum atomic E-state index is 5.56. The number of hydrogen-bond acceptors (Lipinski definition) is 3. The molecule has 0 aromatic rings. The van der Waals surface area contributed by atoms with Crippen molar-refractivity contribution in [2.45, 2.75) is 31.8 Å². The molecule has 2 N–H and O–H groups in total. The molecule has 1 aliphatic heterocycles. The number of nitrogens with zero attached hydrogens (tertiary/aromatic N) is 1. The van der Waals surface area contributed by atoms with E-state index in [9.17, 15) is 0 Å². The summed E-state index contributed by atoms with van der Waals surface area (Å²) < 4.78 is 11.1. The van der Waals surface area contributed by atoms with Crippen LogP contribution in [0.3, 0.4) is 0 Å². The van der Waals surface area contributed by atoms with Crippen molar-refractivity contribution in [3.63, 3.8) is 0 Å². The molecule has 0 spiro atoms. The molecule has 0 bridgehead atoms. The van der Waals surface area contributed by atoms with E-state index in [2.05, 4.69) is 15.6 Å². The van der Waals surface area contributed by atoms with Crippen LogP contribution in [0.2, 0.25) is 0 Å². The van der Waals surface area contributed by atoms with Gasteiger partial charge in [0.05, 0.1) is 12.7 Å². The van der Waals surface area contributed by atoms with Gasteiger partial charge in [-0.25, -0.2) is 0 Å². The Bertz CT molecular complexity index is 261. The van der Waals surface area contributed by atoms with Crippen LogP contribution < -0.4 is 10.6 Å². The molecule has 5 nitrogen and oxygen atoms in total.